The lowest BCUT2D eigenvalue weighted by Crippen LogP contribution is -1.98. The number of aryl methyl sites for hydroxylation is 1. The molecule has 16 heavy (non-hydrogen) atoms. The Hall–Kier alpha value is -1.81. The molecule has 0 aliphatic rings. The van der Waals surface area contributed by atoms with Gasteiger partial charge in [-0.15, -0.1) is 0 Å². The number of nitrogens with zero attached hydrogens (tertiary/aromatic N) is 1. The van der Waals surface area contributed by atoms with Crippen LogP contribution in [0.3, 0.4) is 0 Å². The van der Waals surface area contributed by atoms with Gasteiger partial charge in [-0.3, -0.25) is 0 Å². The van der Waals surface area contributed by atoms with E-state index in [4.69, 9.17) is 5.26 Å². The molecule has 0 aliphatic heterocycles. The van der Waals surface area contributed by atoms with Gasteiger partial charge in [-0.05, 0) is 30.4 Å². The minimum Gasteiger partial charge on any atom is -0.193 e. The molecule has 0 fully saturated rings. The summed E-state index contributed by atoms with van der Waals surface area (Å²) in [5, 5.41) is 8.43. The Morgan fingerprint density at radius 2 is 2.12 bits per heavy atom. The summed E-state index contributed by atoms with van der Waals surface area (Å²) >= 11 is 0. The van der Waals surface area contributed by atoms with Crippen LogP contribution in [0.5, 0.6) is 0 Å². The van der Waals surface area contributed by atoms with Crippen LogP contribution in [-0.2, 0) is 6.42 Å². The van der Waals surface area contributed by atoms with E-state index in [9.17, 15) is 0 Å². The van der Waals surface area contributed by atoms with Crippen LogP contribution in [0.2, 0.25) is 0 Å². The lowest BCUT2D eigenvalue weighted by molar-refractivity contribution is 0.627. The number of nitriles is 1. The first-order valence-corrected chi connectivity index (χ1v) is 5.53. The molecule has 0 radical (unpaired) electrons. The summed E-state index contributed by atoms with van der Waals surface area (Å²) in [6.07, 6.45) is 5.41. The highest BCUT2D eigenvalue weighted by atomic mass is 14.2. The van der Waals surface area contributed by atoms with Crippen LogP contribution in [0.25, 0.3) is 0 Å². The zero-order chi connectivity index (χ0) is 11.8. The van der Waals surface area contributed by atoms with Crippen LogP contribution in [0.1, 0.15) is 18.9 Å². The van der Waals surface area contributed by atoms with Crippen molar-refractivity contribution in [1.29, 1.82) is 5.26 Å². The number of benzene rings is 1. The Kier molecular flexibility index (Phi) is 5.08. The molecule has 1 aromatic rings. The molecule has 0 bridgehead atoms. The molecule has 0 N–H and O–H groups in total. The van der Waals surface area contributed by atoms with Crippen molar-refractivity contribution in [2.45, 2.75) is 19.8 Å². The van der Waals surface area contributed by atoms with E-state index in [-0.39, 0.29) is 0 Å². The molecular formula is C15H17N. The number of hydrogen-bond acceptors (Lipinski definition) is 1. The second-order valence-corrected chi connectivity index (χ2v) is 3.96. The summed E-state index contributed by atoms with van der Waals surface area (Å²) in [5.41, 5.74) is 2.38. The van der Waals surface area contributed by atoms with Crippen molar-refractivity contribution in [3.8, 4) is 6.07 Å². The van der Waals surface area contributed by atoms with Gasteiger partial charge in [0.05, 0.1) is 6.07 Å². The lowest BCUT2D eigenvalue weighted by Gasteiger charge is -2.11. The largest absolute Gasteiger partial charge is 0.193 e. The monoisotopic (exact) mass is 211 g/mol. The van der Waals surface area contributed by atoms with Crippen LogP contribution in [0.4, 0.5) is 0 Å². The first-order valence-electron chi connectivity index (χ1n) is 5.53. The van der Waals surface area contributed by atoms with Crippen molar-refractivity contribution in [3.05, 3.63) is 60.2 Å². The van der Waals surface area contributed by atoms with E-state index in [1.54, 1.807) is 6.08 Å². The summed E-state index contributed by atoms with van der Waals surface area (Å²) in [5.74, 6) is 0.421. The van der Waals surface area contributed by atoms with Crippen molar-refractivity contribution in [2.24, 2.45) is 5.92 Å². The fourth-order valence-corrected chi connectivity index (χ4v) is 1.52. The molecule has 1 atom stereocenters. The average molecular weight is 211 g/mol. The molecule has 1 aromatic carbocycles. The second kappa shape index (κ2) is 6.63. The van der Waals surface area contributed by atoms with E-state index in [0.29, 0.717) is 5.92 Å². The van der Waals surface area contributed by atoms with Gasteiger partial charge in [0.25, 0.3) is 0 Å². The van der Waals surface area contributed by atoms with E-state index in [2.05, 4.69) is 37.8 Å². The van der Waals surface area contributed by atoms with Crippen molar-refractivity contribution in [3.63, 3.8) is 0 Å². The van der Waals surface area contributed by atoms with Gasteiger partial charge in [0.2, 0.25) is 0 Å². The smallest absolute Gasteiger partial charge is 0.0912 e. The van der Waals surface area contributed by atoms with Crippen LogP contribution in [-0.4, -0.2) is 0 Å². The Morgan fingerprint density at radius 3 is 2.75 bits per heavy atom. The van der Waals surface area contributed by atoms with Crippen LogP contribution in [0, 0.1) is 17.2 Å². The molecule has 1 nitrogen and oxygen atoms in total. The van der Waals surface area contributed by atoms with Crippen molar-refractivity contribution in [1.82, 2.24) is 0 Å². The summed E-state index contributed by atoms with van der Waals surface area (Å²) < 4.78 is 0. The van der Waals surface area contributed by atoms with E-state index < -0.39 is 0 Å². The van der Waals surface area contributed by atoms with Gasteiger partial charge in [0.15, 0.2) is 0 Å². The predicted octanol–water partition coefficient (Wildman–Crippen LogP) is 3.89. The van der Waals surface area contributed by atoms with Crippen molar-refractivity contribution >= 4 is 0 Å². The zero-order valence-electron chi connectivity index (χ0n) is 9.69. The maximum absolute atomic E-state index is 8.43. The average Bonchev–Trinajstić information content (AvgIpc) is 2.34. The van der Waals surface area contributed by atoms with Gasteiger partial charge in [-0.25, -0.2) is 0 Å². The lowest BCUT2D eigenvalue weighted by atomic mass is 9.94. The molecule has 0 saturated heterocycles. The topological polar surface area (TPSA) is 23.8 Å². The summed E-state index contributed by atoms with van der Waals surface area (Å²) in [6, 6.07) is 12.4. The highest BCUT2D eigenvalue weighted by Crippen LogP contribution is 2.17. The molecule has 0 aliphatic carbocycles. The number of allylic oxidation sites excluding steroid dienone is 3. The maximum atomic E-state index is 8.43. The van der Waals surface area contributed by atoms with E-state index in [1.807, 2.05) is 12.1 Å². The van der Waals surface area contributed by atoms with Gasteiger partial charge in [-0.1, -0.05) is 49.4 Å². The molecular weight excluding hydrogens is 194 g/mol. The standard InChI is InChI=1S/C15H17N/c1-13(7-6-12-16)14(2)10-11-15-8-4-3-5-9-15/h3-9,14H,1,10-11H2,2H3/b7-6+. The highest BCUT2D eigenvalue weighted by molar-refractivity contribution is 5.22. The van der Waals surface area contributed by atoms with Gasteiger partial charge in [0, 0.05) is 6.08 Å². The Balaban J connectivity index is 2.42. The number of rotatable bonds is 5. The summed E-state index contributed by atoms with van der Waals surface area (Å²) in [7, 11) is 0. The van der Waals surface area contributed by atoms with Crippen molar-refractivity contribution in [2.75, 3.05) is 0 Å². The zero-order valence-corrected chi connectivity index (χ0v) is 9.69. The summed E-state index contributed by atoms with van der Waals surface area (Å²) in [6.45, 7) is 6.11. The molecule has 0 saturated carbocycles. The molecule has 1 heteroatoms. The van der Waals surface area contributed by atoms with E-state index >= 15 is 0 Å². The van der Waals surface area contributed by atoms with Gasteiger partial charge >= 0.3 is 0 Å². The molecule has 0 heterocycles. The quantitative estimate of drug-likeness (QED) is 0.535. The SMILES string of the molecule is C=C(/C=C/C#N)C(C)CCc1ccccc1. The first kappa shape index (κ1) is 12.3. The molecule has 0 amide bonds. The van der Waals surface area contributed by atoms with Crippen LogP contribution < -0.4 is 0 Å². The third-order valence-corrected chi connectivity index (χ3v) is 2.71. The molecule has 1 rings (SSSR count). The second-order valence-electron chi connectivity index (χ2n) is 3.96. The minimum atomic E-state index is 0.421. The third-order valence-electron chi connectivity index (χ3n) is 2.71. The van der Waals surface area contributed by atoms with Crippen molar-refractivity contribution < 1.29 is 0 Å². The van der Waals surface area contributed by atoms with Crippen LogP contribution >= 0.6 is 0 Å². The first-order chi connectivity index (χ1) is 7.74. The van der Waals surface area contributed by atoms with E-state index in [0.717, 1.165) is 18.4 Å². The highest BCUT2D eigenvalue weighted by Gasteiger charge is 2.04. The minimum absolute atomic E-state index is 0.421. The van der Waals surface area contributed by atoms with E-state index in [1.165, 1.54) is 11.6 Å². The molecule has 0 spiro atoms. The normalized spacial score (nSPS) is 12.2. The fraction of sp³-hybridized carbons (Fsp3) is 0.267. The third kappa shape index (κ3) is 4.14. The predicted molar refractivity (Wildman–Crippen MR) is 67.8 cm³/mol. The van der Waals surface area contributed by atoms with Gasteiger partial charge in [-0.2, -0.15) is 5.26 Å². The number of hydrogen-bond donors (Lipinski definition) is 0. The fourth-order valence-electron chi connectivity index (χ4n) is 1.52. The van der Waals surface area contributed by atoms with Crippen LogP contribution in [0.15, 0.2) is 54.6 Å². The molecule has 1 unspecified atom stereocenters. The summed E-state index contributed by atoms with van der Waals surface area (Å²) in [4.78, 5) is 0. The molecule has 0 aromatic heterocycles. The van der Waals surface area contributed by atoms with Gasteiger partial charge < -0.3 is 0 Å². The molecule has 82 valence electrons. The Bertz CT molecular complexity index is 395. The Morgan fingerprint density at radius 1 is 1.44 bits per heavy atom. The van der Waals surface area contributed by atoms with Gasteiger partial charge in [0.1, 0.15) is 0 Å². The maximum Gasteiger partial charge on any atom is 0.0912 e. The Labute approximate surface area is 97.7 Å².